The summed E-state index contributed by atoms with van der Waals surface area (Å²) in [6.45, 7) is 7.27. The molecule has 0 saturated heterocycles. The number of nitrogens with zero attached hydrogens (tertiary/aromatic N) is 5. The Hall–Kier alpha value is -4.58. The summed E-state index contributed by atoms with van der Waals surface area (Å²) in [5.41, 5.74) is 7.18. The Morgan fingerprint density at radius 3 is 2.03 bits per heavy atom. The van der Waals surface area contributed by atoms with Crippen LogP contribution in [0.4, 0.5) is 0 Å². The monoisotopic (exact) mass is 485 g/mol. The van der Waals surface area contributed by atoms with Gasteiger partial charge in [0.1, 0.15) is 5.69 Å². The molecule has 0 aliphatic carbocycles. The molecule has 182 valence electrons. The number of pyridine rings is 1. The van der Waals surface area contributed by atoms with Crippen molar-refractivity contribution in [2.24, 2.45) is 0 Å². The highest BCUT2D eigenvalue weighted by atomic mass is 16.4. The van der Waals surface area contributed by atoms with Gasteiger partial charge in [-0.3, -0.25) is 4.98 Å². The second-order valence-corrected chi connectivity index (χ2v) is 10.2. The summed E-state index contributed by atoms with van der Waals surface area (Å²) >= 11 is 0. The first-order chi connectivity index (χ1) is 18.0. The fourth-order valence-electron chi connectivity index (χ4n) is 4.43. The molecular weight excluding hydrogens is 458 g/mol. The Morgan fingerprint density at radius 1 is 0.730 bits per heavy atom. The topological polar surface area (TPSA) is 69.6 Å². The van der Waals surface area contributed by atoms with Gasteiger partial charge in [-0.05, 0) is 65.1 Å². The molecule has 6 aromatic rings. The van der Waals surface area contributed by atoms with Crippen LogP contribution in [0.5, 0.6) is 0 Å². The molecule has 0 saturated carbocycles. The normalized spacial score (nSPS) is 11.8. The molecule has 0 atom stereocenters. The molecule has 0 spiro atoms. The zero-order valence-corrected chi connectivity index (χ0v) is 21.1. The summed E-state index contributed by atoms with van der Waals surface area (Å²) in [7, 11) is 0. The predicted molar refractivity (Wildman–Crippen MR) is 146 cm³/mol. The maximum atomic E-state index is 6.02. The zero-order valence-electron chi connectivity index (χ0n) is 21.1. The van der Waals surface area contributed by atoms with Gasteiger partial charge >= 0.3 is 0 Å². The van der Waals surface area contributed by atoms with Gasteiger partial charge in [-0.1, -0.05) is 63.2 Å². The second-order valence-electron chi connectivity index (χ2n) is 10.2. The van der Waals surface area contributed by atoms with Gasteiger partial charge in [0.05, 0.1) is 11.0 Å². The minimum atomic E-state index is 0.0989. The Bertz CT molecular complexity index is 1660. The highest BCUT2D eigenvalue weighted by molar-refractivity contribution is 5.80. The molecular formula is C31H27N5O. The lowest BCUT2D eigenvalue weighted by molar-refractivity contribution is 0.582. The van der Waals surface area contributed by atoms with E-state index in [1.807, 2.05) is 60.7 Å². The van der Waals surface area contributed by atoms with Gasteiger partial charge in [0.2, 0.25) is 11.8 Å². The van der Waals surface area contributed by atoms with E-state index in [0.29, 0.717) is 18.3 Å². The van der Waals surface area contributed by atoms with Crippen molar-refractivity contribution in [2.75, 3.05) is 0 Å². The molecule has 0 aliphatic rings. The summed E-state index contributed by atoms with van der Waals surface area (Å²) in [5.74, 6) is 1.87. The van der Waals surface area contributed by atoms with Crippen LogP contribution < -0.4 is 0 Å². The third-order valence-electron chi connectivity index (χ3n) is 6.51. The molecule has 0 aliphatic heterocycles. The van der Waals surface area contributed by atoms with Crippen molar-refractivity contribution in [1.29, 1.82) is 0 Å². The molecule has 3 aromatic carbocycles. The third kappa shape index (κ3) is 4.54. The van der Waals surface area contributed by atoms with Gasteiger partial charge in [0.15, 0.2) is 5.82 Å². The minimum absolute atomic E-state index is 0.0989. The van der Waals surface area contributed by atoms with E-state index in [4.69, 9.17) is 9.40 Å². The summed E-state index contributed by atoms with van der Waals surface area (Å²) in [6.07, 6.45) is 1.80. The zero-order chi connectivity index (χ0) is 25.4. The minimum Gasteiger partial charge on any atom is -0.416 e. The fraction of sp³-hybridized carbons (Fsp3) is 0.161. The van der Waals surface area contributed by atoms with E-state index in [0.717, 1.165) is 39.2 Å². The van der Waals surface area contributed by atoms with Crippen molar-refractivity contribution in [1.82, 2.24) is 24.7 Å². The summed E-state index contributed by atoms with van der Waals surface area (Å²) in [5, 5.41) is 8.58. The van der Waals surface area contributed by atoms with E-state index in [-0.39, 0.29) is 5.41 Å². The first-order valence-electron chi connectivity index (χ1n) is 12.4. The van der Waals surface area contributed by atoms with Crippen molar-refractivity contribution >= 4 is 11.0 Å². The lowest BCUT2D eigenvalue weighted by Gasteiger charge is -2.18. The van der Waals surface area contributed by atoms with Crippen molar-refractivity contribution in [3.05, 3.63) is 108 Å². The SMILES string of the molecule is CC(C)(C)c1ccc(-c2nnc(-c3ccc(Cn4c(-c5ccccn5)nc5ccccc54)cc3)o2)cc1. The number of hydrogen-bond acceptors (Lipinski definition) is 5. The van der Waals surface area contributed by atoms with Crippen molar-refractivity contribution in [3.63, 3.8) is 0 Å². The Labute approximate surface area is 215 Å². The number of imidazole rings is 1. The van der Waals surface area contributed by atoms with Crippen LogP contribution in [0.2, 0.25) is 0 Å². The van der Waals surface area contributed by atoms with Crippen LogP contribution in [0, 0.1) is 0 Å². The van der Waals surface area contributed by atoms with Gasteiger partial charge in [-0.2, -0.15) is 0 Å². The molecule has 0 amide bonds. The highest BCUT2D eigenvalue weighted by Crippen LogP contribution is 2.29. The third-order valence-corrected chi connectivity index (χ3v) is 6.51. The molecule has 0 radical (unpaired) electrons. The van der Waals surface area contributed by atoms with Crippen LogP contribution in [0.1, 0.15) is 31.9 Å². The van der Waals surface area contributed by atoms with E-state index in [9.17, 15) is 0 Å². The van der Waals surface area contributed by atoms with Crippen LogP contribution in [0.15, 0.2) is 102 Å². The lowest BCUT2D eigenvalue weighted by atomic mass is 9.87. The average Bonchev–Trinajstić information content (AvgIpc) is 3.55. The predicted octanol–water partition coefficient (Wildman–Crippen LogP) is 7.16. The molecule has 6 heteroatoms. The highest BCUT2D eigenvalue weighted by Gasteiger charge is 2.16. The smallest absolute Gasteiger partial charge is 0.248 e. The van der Waals surface area contributed by atoms with E-state index < -0.39 is 0 Å². The number of rotatable bonds is 5. The first kappa shape index (κ1) is 22.9. The number of hydrogen-bond donors (Lipinski definition) is 0. The van der Waals surface area contributed by atoms with Crippen molar-refractivity contribution in [2.45, 2.75) is 32.7 Å². The number of fused-ring (bicyclic) bond motifs is 1. The molecule has 37 heavy (non-hydrogen) atoms. The standard InChI is InChI=1S/C31H27N5O/c1-31(2,3)24-17-15-23(16-18-24)30-35-34-29(37-30)22-13-11-21(12-14-22)20-36-27-10-5-4-8-25(27)33-28(36)26-9-6-7-19-32-26/h4-19H,20H2,1-3H3. The molecule has 3 heterocycles. The molecule has 0 N–H and O–H groups in total. The molecule has 0 unspecified atom stereocenters. The van der Waals surface area contributed by atoms with Gasteiger partial charge in [0, 0.05) is 23.9 Å². The maximum Gasteiger partial charge on any atom is 0.248 e. The van der Waals surface area contributed by atoms with Crippen LogP contribution in [0.25, 0.3) is 45.5 Å². The number of para-hydroxylation sites is 2. The van der Waals surface area contributed by atoms with E-state index in [1.54, 1.807) is 6.20 Å². The molecule has 3 aromatic heterocycles. The summed E-state index contributed by atoms with van der Waals surface area (Å²) in [6, 6.07) is 30.6. The van der Waals surface area contributed by atoms with Gasteiger partial charge in [0.25, 0.3) is 0 Å². The molecule has 6 nitrogen and oxygen atoms in total. The molecule has 6 rings (SSSR count). The Morgan fingerprint density at radius 2 is 1.38 bits per heavy atom. The van der Waals surface area contributed by atoms with E-state index in [2.05, 4.69) is 70.9 Å². The van der Waals surface area contributed by atoms with Crippen LogP contribution in [0.3, 0.4) is 0 Å². The van der Waals surface area contributed by atoms with E-state index in [1.165, 1.54) is 5.56 Å². The van der Waals surface area contributed by atoms with Crippen molar-refractivity contribution in [3.8, 4) is 34.4 Å². The van der Waals surface area contributed by atoms with Crippen LogP contribution in [-0.4, -0.2) is 24.7 Å². The molecule has 0 fully saturated rings. The second kappa shape index (κ2) is 9.13. The summed E-state index contributed by atoms with van der Waals surface area (Å²) in [4.78, 5) is 9.39. The number of aromatic nitrogens is 5. The van der Waals surface area contributed by atoms with E-state index >= 15 is 0 Å². The first-order valence-corrected chi connectivity index (χ1v) is 12.4. The largest absolute Gasteiger partial charge is 0.416 e. The number of benzene rings is 3. The average molecular weight is 486 g/mol. The quantitative estimate of drug-likeness (QED) is 0.259. The molecule has 0 bridgehead atoms. The van der Waals surface area contributed by atoms with Gasteiger partial charge in [-0.25, -0.2) is 4.98 Å². The Kier molecular flexibility index (Phi) is 5.64. The maximum absolute atomic E-state index is 6.02. The van der Waals surface area contributed by atoms with Crippen molar-refractivity contribution < 1.29 is 4.42 Å². The van der Waals surface area contributed by atoms with Crippen LogP contribution in [-0.2, 0) is 12.0 Å². The summed E-state index contributed by atoms with van der Waals surface area (Å²) < 4.78 is 8.22. The van der Waals surface area contributed by atoms with Gasteiger partial charge < -0.3 is 8.98 Å². The fourth-order valence-corrected chi connectivity index (χ4v) is 4.43. The Balaban J connectivity index is 1.26. The van der Waals surface area contributed by atoms with Crippen LogP contribution >= 0.6 is 0 Å². The van der Waals surface area contributed by atoms with Gasteiger partial charge in [-0.15, -0.1) is 10.2 Å². The lowest BCUT2D eigenvalue weighted by Crippen LogP contribution is -2.10.